The molecule has 8 nitrogen and oxygen atoms in total. The Balaban J connectivity index is 0.00000380. The van der Waals surface area contributed by atoms with E-state index in [9.17, 15) is 4.79 Å². The minimum atomic E-state index is -1.87. The van der Waals surface area contributed by atoms with Crippen LogP contribution in [0.25, 0.3) is 0 Å². The van der Waals surface area contributed by atoms with Crippen molar-refractivity contribution in [3.05, 3.63) is 71.3 Å². The molecule has 1 amide bonds. The number of benzene rings is 2. The Morgan fingerprint density at radius 1 is 1.18 bits per heavy atom. The van der Waals surface area contributed by atoms with Gasteiger partial charge in [0.15, 0.2) is 14.2 Å². The van der Waals surface area contributed by atoms with Crippen LogP contribution in [-0.4, -0.2) is 68.0 Å². The fourth-order valence-corrected chi connectivity index (χ4v) is 5.64. The lowest BCUT2D eigenvalue weighted by atomic mass is 10.0. The molecule has 3 N–H and O–H groups in total. The van der Waals surface area contributed by atoms with Gasteiger partial charge in [0.2, 0.25) is 0 Å². The predicted molar refractivity (Wildman–Crippen MR) is 170 cm³/mol. The number of nitrogens with two attached hydrogens (primary N) is 1. The molecule has 39 heavy (non-hydrogen) atoms. The lowest BCUT2D eigenvalue weighted by molar-refractivity contribution is 0.0819. The third-order valence-corrected chi connectivity index (χ3v) is 12.1. The van der Waals surface area contributed by atoms with E-state index in [4.69, 9.17) is 20.1 Å². The van der Waals surface area contributed by atoms with Crippen LogP contribution in [-0.2, 0) is 15.8 Å². The summed E-state index contributed by atoms with van der Waals surface area (Å²) in [6.45, 7) is 13.9. The minimum Gasteiger partial charge on any atom is -0.445 e. The highest BCUT2D eigenvalue weighted by Gasteiger charge is 2.41. The smallest absolute Gasteiger partial charge is 0.410 e. The van der Waals surface area contributed by atoms with Crippen molar-refractivity contribution >= 4 is 47.2 Å². The molecule has 11 heteroatoms. The van der Waals surface area contributed by atoms with Crippen LogP contribution in [0.15, 0.2) is 59.8 Å². The van der Waals surface area contributed by atoms with Crippen LogP contribution in [0.5, 0.6) is 0 Å². The molecule has 0 radical (unpaired) electrons. The molecule has 0 aromatic heterocycles. The molecule has 0 bridgehead atoms. The molecule has 1 heterocycles. The molecule has 2 aromatic carbocycles. The lowest BCUT2D eigenvalue weighted by Crippen LogP contribution is -2.45. The summed E-state index contributed by atoms with van der Waals surface area (Å²) in [6, 6.07) is 16.8. The number of amidine groups is 1. The fraction of sp³-hybridized carbons (Fsp3) is 0.500. The van der Waals surface area contributed by atoms with Crippen molar-refractivity contribution in [2.45, 2.75) is 64.1 Å². The zero-order chi connectivity index (χ0) is 27.2. The van der Waals surface area contributed by atoms with Crippen molar-refractivity contribution in [1.29, 1.82) is 0 Å². The third-order valence-electron chi connectivity index (χ3n) is 7.56. The van der Waals surface area contributed by atoms with Gasteiger partial charge in [-0.05, 0) is 41.7 Å². The number of ether oxygens (including phenoxy) is 1. The molecule has 2 atom stereocenters. The summed E-state index contributed by atoms with van der Waals surface area (Å²) in [5.41, 5.74) is 8.27. The van der Waals surface area contributed by atoms with Crippen LogP contribution in [0.2, 0.25) is 18.1 Å². The van der Waals surface area contributed by atoms with Crippen LogP contribution < -0.4 is 5.73 Å². The lowest BCUT2D eigenvalue weighted by Gasteiger charge is -2.38. The van der Waals surface area contributed by atoms with E-state index in [-0.39, 0.29) is 56.6 Å². The number of nitrogens with zero attached hydrogens (tertiary/aromatic N) is 3. The van der Waals surface area contributed by atoms with E-state index >= 15 is 0 Å². The summed E-state index contributed by atoms with van der Waals surface area (Å²) in [5.74, 6) is 0.0268. The van der Waals surface area contributed by atoms with Gasteiger partial charge in [-0.1, -0.05) is 74.5 Å². The average Bonchev–Trinajstić information content (AvgIpc) is 3.31. The van der Waals surface area contributed by atoms with Gasteiger partial charge in [0, 0.05) is 32.2 Å². The van der Waals surface area contributed by atoms with Crippen LogP contribution in [0.1, 0.15) is 49.9 Å². The number of amides is 1. The summed E-state index contributed by atoms with van der Waals surface area (Å²) in [7, 11) is -0.115. The van der Waals surface area contributed by atoms with Gasteiger partial charge in [0.25, 0.3) is 0 Å². The standard InChI is InChI=1S/C28H42N4O4Si.2H2S/c1-28(2,3)37(5,6)36-24-15-16-32(18-24)19-25(22-13-10-14-23(17-22)26(29)30-34)31(4)27(33)35-20-21-11-8-7-9-12-21;;/h7-14,17,24-25,34H,15-16,18-20H2,1-6H3,(H2,29,30);2*1H2/t24-,25+;;/m0../s1. The van der Waals surface area contributed by atoms with Gasteiger partial charge < -0.3 is 25.0 Å². The molecule has 0 unspecified atom stereocenters. The number of oxime groups is 1. The van der Waals surface area contributed by atoms with Gasteiger partial charge in [-0.15, -0.1) is 0 Å². The molecular formula is C28H46N4O4S2Si. The van der Waals surface area contributed by atoms with E-state index in [1.54, 1.807) is 18.0 Å². The molecule has 3 rings (SSSR count). The minimum absolute atomic E-state index is 0. The average molecular weight is 595 g/mol. The summed E-state index contributed by atoms with van der Waals surface area (Å²) in [4.78, 5) is 17.1. The first-order chi connectivity index (χ1) is 17.4. The van der Waals surface area contributed by atoms with E-state index in [0.29, 0.717) is 12.1 Å². The van der Waals surface area contributed by atoms with E-state index in [1.807, 2.05) is 48.5 Å². The van der Waals surface area contributed by atoms with Gasteiger partial charge in [-0.2, -0.15) is 27.0 Å². The Hall–Kier alpha value is -2.18. The first kappa shape index (κ1) is 34.8. The molecule has 2 aromatic rings. The van der Waals surface area contributed by atoms with Gasteiger partial charge in [0.05, 0.1) is 12.1 Å². The van der Waals surface area contributed by atoms with Crippen LogP contribution in [0.3, 0.4) is 0 Å². The molecule has 1 aliphatic rings. The van der Waals surface area contributed by atoms with Crippen LogP contribution >= 0.6 is 27.0 Å². The van der Waals surface area contributed by atoms with E-state index in [1.165, 1.54) is 0 Å². The Morgan fingerprint density at radius 2 is 1.85 bits per heavy atom. The van der Waals surface area contributed by atoms with Crippen molar-refractivity contribution in [3.63, 3.8) is 0 Å². The second-order valence-electron chi connectivity index (χ2n) is 11.3. The molecule has 0 saturated carbocycles. The first-order valence-electron chi connectivity index (χ1n) is 12.8. The van der Waals surface area contributed by atoms with Gasteiger partial charge in [-0.25, -0.2) is 4.79 Å². The Bertz CT molecular complexity index is 1080. The van der Waals surface area contributed by atoms with Crippen LogP contribution in [0.4, 0.5) is 4.79 Å². The highest BCUT2D eigenvalue weighted by Crippen LogP contribution is 2.38. The van der Waals surface area contributed by atoms with Crippen LogP contribution in [0, 0.1) is 0 Å². The summed E-state index contributed by atoms with van der Waals surface area (Å²) in [6.07, 6.45) is 0.739. The van der Waals surface area contributed by atoms with E-state index in [2.05, 4.69) is 43.9 Å². The van der Waals surface area contributed by atoms with Gasteiger partial charge >= 0.3 is 6.09 Å². The zero-order valence-corrected chi connectivity index (χ0v) is 27.0. The van der Waals surface area contributed by atoms with Gasteiger partial charge in [-0.3, -0.25) is 4.90 Å². The Morgan fingerprint density at radius 3 is 2.46 bits per heavy atom. The molecule has 0 spiro atoms. The number of carbonyl (C=O) groups excluding carboxylic acids is 1. The molecular weight excluding hydrogens is 549 g/mol. The molecule has 218 valence electrons. The predicted octanol–water partition coefficient (Wildman–Crippen LogP) is 5.41. The number of hydrogen-bond donors (Lipinski definition) is 2. The van der Waals surface area contributed by atoms with E-state index < -0.39 is 14.4 Å². The summed E-state index contributed by atoms with van der Waals surface area (Å²) >= 11 is 0. The maximum absolute atomic E-state index is 13.1. The number of likely N-dealkylation sites (tertiary alicyclic amines) is 1. The summed E-state index contributed by atoms with van der Waals surface area (Å²) < 4.78 is 12.3. The largest absolute Gasteiger partial charge is 0.445 e. The maximum Gasteiger partial charge on any atom is 0.410 e. The Kier molecular flexibility index (Phi) is 13.4. The molecule has 1 saturated heterocycles. The quantitative estimate of drug-likeness (QED) is 0.132. The molecule has 0 aliphatic carbocycles. The highest BCUT2D eigenvalue weighted by atomic mass is 32.1. The van der Waals surface area contributed by atoms with Crippen molar-refractivity contribution in [3.8, 4) is 0 Å². The second kappa shape index (κ2) is 15.0. The Labute approximate surface area is 248 Å². The SMILES string of the molecule is CN(C(=O)OCc1ccccc1)[C@H](CN1CC[C@H](O[Si](C)(C)C(C)(C)C)C1)c1cccc(C(N)=NO)c1.S.S. The fourth-order valence-electron chi connectivity index (χ4n) is 4.26. The highest BCUT2D eigenvalue weighted by molar-refractivity contribution is 7.59. The van der Waals surface area contributed by atoms with E-state index in [0.717, 1.165) is 30.6 Å². The number of hydrogen-bond acceptors (Lipinski definition) is 6. The first-order valence-corrected chi connectivity index (χ1v) is 15.7. The monoisotopic (exact) mass is 594 g/mol. The second-order valence-corrected chi connectivity index (χ2v) is 16.1. The zero-order valence-electron chi connectivity index (χ0n) is 24.0. The van der Waals surface area contributed by atoms with Crippen molar-refractivity contribution in [2.24, 2.45) is 10.9 Å². The topological polar surface area (TPSA) is 101 Å². The van der Waals surface area contributed by atoms with Crippen molar-refractivity contribution < 1.29 is 19.2 Å². The number of carbonyl (C=O) groups is 1. The number of likely N-dealkylation sites (N-methyl/N-ethyl adjacent to an activating group) is 1. The normalized spacial score (nSPS) is 17.1. The third kappa shape index (κ3) is 9.46. The van der Waals surface area contributed by atoms with Crippen molar-refractivity contribution in [2.75, 3.05) is 26.7 Å². The molecule has 1 aliphatic heterocycles. The summed E-state index contributed by atoms with van der Waals surface area (Å²) in [5, 5.41) is 12.5. The molecule has 1 fully saturated rings. The van der Waals surface area contributed by atoms with Gasteiger partial charge in [0.1, 0.15) is 6.61 Å². The number of rotatable bonds is 9. The van der Waals surface area contributed by atoms with Crippen molar-refractivity contribution in [1.82, 2.24) is 9.80 Å². The maximum atomic E-state index is 13.1.